The van der Waals surface area contributed by atoms with E-state index in [-0.39, 0.29) is 11.2 Å². The van der Waals surface area contributed by atoms with Crippen LogP contribution in [0.3, 0.4) is 0 Å². The fourth-order valence-corrected chi connectivity index (χ4v) is 3.04. The van der Waals surface area contributed by atoms with Gasteiger partial charge in [0, 0.05) is 25.7 Å². The number of halogens is 1. The molecule has 1 saturated carbocycles. The molecule has 0 aromatic heterocycles. The fourth-order valence-electron chi connectivity index (χ4n) is 3.04. The van der Waals surface area contributed by atoms with E-state index in [1.807, 2.05) is 12.1 Å². The predicted octanol–water partition coefficient (Wildman–Crippen LogP) is 4.21. The highest BCUT2D eigenvalue weighted by molar-refractivity contribution is 5.47. The summed E-state index contributed by atoms with van der Waals surface area (Å²) in [6, 6.07) is 7.84. The van der Waals surface area contributed by atoms with Gasteiger partial charge in [-0.25, -0.2) is 4.39 Å². The maximum atomic E-state index is 14.1. The molecule has 0 heterocycles. The molecule has 1 aromatic rings. The average Bonchev–Trinajstić information content (AvgIpc) is 3.28. The van der Waals surface area contributed by atoms with Crippen LogP contribution in [0.4, 0.5) is 10.1 Å². The average molecular weight is 292 g/mol. The van der Waals surface area contributed by atoms with Gasteiger partial charge in [0.2, 0.25) is 0 Å². The van der Waals surface area contributed by atoms with Crippen molar-refractivity contribution < 1.29 is 4.39 Å². The molecule has 118 valence electrons. The smallest absolute Gasteiger partial charge is 0.146 e. The SMILES string of the molecule is CCCC(C)(CNC1CC1)CN(CC)c1ccccc1F. The fraction of sp³-hybridized carbons (Fsp3) is 0.667. The zero-order valence-corrected chi connectivity index (χ0v) is 13.7. The van der Waals surface area contributed by atoms with Crippen molar-refractivity contribution in [2.75, 3.05) is 24.5 Å². The Bertz CT molecular complexity index is 445. The van der Waals surface area contributed by atoms with E-state index in [4.69, 9.17) is 0 Å². The zero-order chi connectivity index (χ0) is 15.3. The molecule has 0 amide bonds. The quantitative estimate of drug-likeness (QED) is 0.733. The highest BCUT2D eigenvalue weighted by Crippen LogP contribution is 2.29. The van der Waals surface area contributed by atoms with E-state index in [9.17, 15) is 4.39 Å². The number of benzene rings is 1. The summed E-state index contributed by atoms with van der Waals surface area (Å²) in [5.41, 5.74) is 0.920. The highest BCUT2D eigenvalue weighted by Gasteiger charge is 2.30. The van der Waals surface area contributed by atoms with Gasteiger partial charge in [-0.05, 0) is 43.7 Å². The van der Waals surface area contributed by atoms with Crippen molar-refractivity contribution in [2.24, 2.45) is 5.41 Å². The summed E-state index contributed by atoms with van der Waals surface area (Å²) >= 11 is 0. The lowest BCUT2D eigenvalue weighted by Gasteiger charge is -2.37. The first kappa shape index (κ1) is 16.3. The van der Waals surface area contributed by atoms with Gasteiger partial charge < -0.3 is 10.2 Å². The lowest BCUT2D eigenvalue weighted by molar-refractivity contribution is 0.279. The summed E-state index contributed by atoms with van der Waals surface area (Å²) in [4.78, 5) is 2.18. The molecule has 2 nitrogen and oxygen atoms in total. The summed E-state index contributed by atoms with van der Waals surface area (Å²) in [7, 11) is 0. The molecule has 0 spiro atoms. The lowest BCUT2D eigenvalue weighted by atomic mass is 9.84. The van der Waals surface area contributed by atoms with E-state index in [2.05, 4.69) is 31.0 Å². The van der Waals surface area contributed by atoms with Gasteiger partial charge in [-0.2, -0.15) is 0 Å². The van der Waals surface area contributed by atoms with Gasteiger partial charge >= 0.3 is 0 Å². The van der Waals surface area contributed by atoms with Crippen LogP contribution in [-0.2, 0) is 0 Å². The molecular weight excluding hydrogens is 263 g/mol. The third-order valence-electron chi connectivity index (χ3n) is 4.40. The minimum absolute atomic E-state index is 0.117. The molecule has 1 aromatic carbocycles. The van der Waals surface area contributed by atoms with Crippen LogP contribution < -0.4 is 10.2 Å². The van der Waals surface area contributed by atoms with Crippen molar-refractivity contribution in [1.29, 1.82) is 0 Å². The Hall–Kier alpha value is -1.09. The first-order valence-electron chi connectivity index (χ1n) is 8.31. The normalized spacial score (nSPS) is 17.5. The van der Waals surface area contributed by atoms with Gasteiger partial charge in [0.15, 0.2) is 0 Å². The van der Waals surface area contributed by atoms with Gasteiger partial charge in [0.1, 0.15) is 5.82 Å². The molecule has 2 rings (SSSR count). The van der Waals surface area contributed by atoms with Crippen molar-refractivity contribution in [2.45, 2.75) is 52.5 Å². The van der Waals surface area contributed by atoms with Crippen LogP contribution in [0.5, 0.6) is 0 Å². The summed E-state index contributed by atoms with van der Waals surface area (Å²) in [5.74, 6) is -0.117. The van der Waals surface area contributed by atoms with Crippen LogP contribution >= 0.6 is 0 Å². The third-order valence-corrected chi connectivity index (χ3v) is 4.40. The summed E-state index contributed by atoms with van der Waals surface area (Å²) < 4.78 is 14.1. The number of nitrogens with one attached hydrogen (secondary N) is 1. The Morgan fingerprint density at radius 3 is 2.57 bits per heavy atom. The number of anilines is 1. The van der Waals surface area contributed by atoms with Gasteiger partial charge in [-0.1, -0.05) is 32.4 Å². The van der Waals surface area contributed by atoms with Crippen LogP contribution in [0.1, 0.15) is 46.5 Å². The Morgan fingerprint density at radius 2 is 2.00 bits per heavy atom. The number of rotatable bonds is 9. The topological polar surface area (TPSA) is 15.3 Å². The predicted molar refractivity (Wildman–Crippen MR) is 88.3 cm³/mol. The van der Waals surface area contributed by atoms with Crippen LogP contribution in [0, 0.1) is 11.2 Å². The molecule has 3 heteroatoms. The van der Waals surface area contributed by atoms with E-state index < -0.39 is 0 Å². The van der Waals surface area contributed by atoms with E-state index in [1.54, 1.807) is 12.1 Å². The Morgan fingerprint density at radius 1 is 1.29 bits per heavy atom. The summed E-state index contributed by atoms with van der Waals surface area (Å²) in [6.45, 7) is 9.43. The molecule has 1 unspecified atom stereocenters. The van der Waals surface area contributed by atoms with Gasteiger partial charge in [-0.15, -0.1) is 0 Å². The van der Waals surface area contributed by atoms with Crippen LogP contribution in [0.25, 0.3) is 0 Å². The first-order valence-corrected chi connectivity index (χ1v) is 8.31. The Labute approximate surface area is 128 Å². The van der Waals surface area contributed by atoms with Gasteiger partial charge in [0.25, 0.3) is 0 Å². The summed E-state index contributed by atoms with van der Waals surface area (Å²) in [6.07, 6.45) is 4.95. The Kier molecular flexibility index (Phi) is 5.63. The molecule has 1 aliphatic rings. The Balaban J connectivity index is 2.06. The van der Waals surface area contributed by atoms with E-state index in [0.29, 0.717) is 0 Å². The molecule has 0 bridgehead atoms. The maximum Gasteiger partial charge on any atom is 0.146 e. The largest absolute Gasteiger partial charge is 0.369 e. The van der Waals surface area contributed by atoms with Crippen molar-refractivity contribution >= 4 is 5.69 Å². The summed E-state index contributed by atoms with van der Waals surface area (Å²) in [5, 5.41) is 3.66. The number of nitrogens with zero attached hydrogens (tertiary/aromatic N) is 1. The van der Waals surface area contributed by atoms with Crippen molar-refractivity contribution in [3.05, 3.63) is 30.1 Å². The standard InChI is InChI=1S/C18H29FN2/c1-4-12-18(3,13-20-15-10-11-15)14-21(5-2)17-9-7-6-8-16(17)19/h6-9,15,20H,4-5,10-14H2,1-3H3. The molecule has 1 N–H and O–H groups in total. The number of hydrogen-bond donors (Lipinski definition) is 1. The molecule has 0 aliphatic heterocycles. The molecule has 1 fully saturated rings. The molecular formula is C18H29FN2. The minimum atomic E-state index is -0.117. The van der Waals surface area contributed by atoms with Crippen LogP contribution in [0.15, 0.2) is 24.3 Å². The maximum absolute atomic E-state index is 14.1. The second-order valence-electron chi connectivity index (χ2n) is 6.68. The van der Waals surface area contributed by atoms with E-state index >= 15 is 0 Å². The monoisotopic (exact) mass is 292 g/mol. The van der Waals surface area contributed by atoms with Crippen molar-refractivity contribution in [3.63, 3.8) is 0 Å². The molecule has 1 aliphatic carbocycles. The van der Waals surface area contributed by atoms with E-state index in [0.717, 1.165) is 44.2 Å². The highest BCUT2D eigenvalue weighted by atomic mass is 19.1. The van der Waals surface area contributed by atoms with Gasteiger partial charge in [-0.3, -0.25) is 0 Å². The number of hydrogen-bond acceptors (Lipinski definition) is 2. The third kappa shape index (κ3) is 4.70. The van der Waals surface area contributed by atoms with E-state index in [1.165, 1.54) is 12.8 Å². The molecule has 1 atom stereocenters. The number of para-hydroxylation sites is 1. The second kappa shape index (κ2) is 7.26. The lowest BCUT2D eigenvalue weighted by Crippen LogP contribution is -2.43. The molecule has 0 saturated heterocycles. The molecule has 0 radical (unpaired) electrons. The van der Waals surface area contributed by atoms with Crippen molar-refractivity contribution in [3.8, 4) is 0 Å². The first-order chi connectivity index (χ1) is 10.1. The van der Waals surface area contributed by atoms with Crippen LogP contribution in [-0.4, -0.2) is 25.7 Å². The minimum Gasteiger partial charge on any atom is -0.369 e. The van der Waals surface area contributed by atoms with Crippen LogP contribution in [0.2, 0.25) is 0 Å². The van der Waals surface area contributed by atoms with Gasteiger partial charge in [0.05, 0.1) is 5.69 Å². The molecule has 21 heavy (non-hydrogen) atoms. The second-order valence-corrected chi connectivity index (χ2v) is 6.68. The zero-order valence-electron chi connectivity index (χ0n) is 13.7. The van der Waals surface area contributed by atoms with Crippen molar-refractivity contribution in [1.82, 2.24) is 5.32 Å².